The van der Waals surface area contributed by atoms with Crippen molar-refractivity contribution in [2.24, 2.45) is 0 Å². The smallest absolute Gasteiger partial charge is 0.261 e. The van der Waals surface area contributed by atoms with E-state index in [0.29, 0.717) is 5.39 Å². The maximum atomic E-state index is 13.8. The number of aliphatic hydroxyl groups excluding tert-OH is 1. The second-order valence-electron chi connectivity index (χ2n) is 10.2. The average Bonchev–Trinajstić information content (AvgIpc) is 3.38. The van der Waals surface area contributed by atoms with Gasteiger partial charge in [-0.2, -0.15) is 4.37 Å². The van der Waals surface area contributed by atoms with Crippen molar-refractivity contribution >= 4 is 54.8 Å². The molecular weight excluding hydrogens is 482 g/mol. The first kappa shape index (κ1) is 22.7. The summed E-state index contributed by atoms with van der Waals surface area (Å²) in [5.74, 6) is 1.07. The Morgan fingerprint density at radius 2 is 1.54 bits per heavy atom. The van der Waals surface area contributed by atoms with Crippen molar-refractivity contribution in [1.29, 1.82) is 0 Å². The van der Waals surface area contributed by atoms with Gasteiger partial charge in [-0.1, -0.05) is 49.2 Å². The molecule has 1 saturated heterocycles. The predicted molar refractivity (Wildman–Crippen MR) is 151 cm³/mol. The Kier molecular flexibility index (Phi) is 5.59. The maximum Gasteiger partial charge on any atom is 0.261 e. The summed E-state index contributed by atoms with van der Waals surface area (Å²) in [4.78, 5) is 23.3. The van der Waals surface area contributed by atoms with E-state index in [1.165, 1.54) is 10.1 Å². The van der Waals surface area contributed by atoms with E-state index in [1.54, 1.807) is 22.4 Å². The van der Waals surface area contributed by atoms with E-state index in [2.05, 4.69) is 52.3 Å². The molecule has 188 valence electrons. The van der Waals surface area contributed by atoms with Gasteiger partial charge < -0.3 is 14.9 Å². The summed E-state index contributed by atoms with van der Waals surface area (Å²) in [5, 5.41) is 14.6. The zero-order chi connectivity index (χ0) is 24.9. The minimum Gasteiger partial charge on any atom is -0.391 e. The van der Waals surface area contributed by atoms with E-state index in [9.17, 15) is 9.90 Å². The molecular formula is C29H29N5O2S. The summed E-state index contributed by atoms with van der Waals surface area (Å²) in [5.41, 5.74) is 1.75. The van der Waals surface area contributed by atoms with Crippen molar-refractivity contribution in [2.75, 3.05) is 36.0 Å². The number of piperazine rings is 1. The van der Waals surface area contributed by atoms with Gasteiger partial charge in [0.2, 0.25) is 0 Å². The lowest BCUT2D eigenvalue weighted by Gasteiger charge is -2.37. The molecule has 1 N–H and O–H groups in total. The van der Waals surface area contributed by atoms with Crippen LogP contribution in [0.3, 0.4) is 0 Å². The zero-order valence-electron chi connectivity index (χ0n) is 20.6. The van der Waals surface area contributed by atoms with E-state index in [-0.39, 0.29) is 11.6 Å². The number of aromatic nitrogens is 3. The summed E-state index contributed by atoms with van der Waals surface area (Å²) in [6.45, 7) is 3.42. The van der Waals surface area contributed by atoms with Crippen molar-refractivity contribution in [3.05, 3.63) is 71.3 Å². The second-order valence-corrected chi connectivity index (χ2v) is 11.0. The highest BCUT2D eigenvalue weighted by Crippen LogP contribution is 2.35. The normalized spacial score (nSPS) is 20.8. The first-order chi connectivity index (χ1) is 18.2. The van der Waals surface area contributed by atoms with E-state index in [0.717, 1.165) is 79.7 Å². The lowest BCUT2D eigenvalue weighted by Crippen LogP contribution is -2.46. The summed E-state index contributed by atoms with van der Waals surface area (Å²) < 4.78 is 7.65. The maximum absolute atomic E-state index is 13.8. The van der Waals surface area contributed by atoms with Crippen LogP contribution in [-0.4, -0.2) is 51.3 Å². The first-order valence-corrected chi connectivity index (χ1v) is 13.9. The van der Waals surface area contributed by atoms with Crippen LogP contribution in [0.15, 0.2) is 65.7 Å². The van der Waals surface area contributed by atoms with Crippen molar-refractivity contribution in [3.63, 3.8) is 0 Å². The standard InChI is InChI=1S/C29H29N5O2S/c35-25-11-5-4-10-23(25)34-18-30-27-20-8-2-1-7-19(20)24(17-22(27)29(34)36)32-13-15-33(16-14-32)28-21-9-3-6-12-26(21)37-31-28/h1-3,6-9,12,17-18,23,25,35H,4-5,10-11,13-16H2/t23-,25-/m0/s1. The summed E-state index contributed by atoms with van der Waals surface area (Å²) in [6, 6.07) is 18.5. The van der Waals surface area contributed by atoms with Crippen molar-refractivity contribution in [1.82, 2.24) is 13.9 Å². The van der Waals surface area contributed by atoms with Gasteiger partial charge in [0.25, 0.3) is 5.56 Å². The highest BCUT2D eigenvalue weighted by atomic mass is 32.1. The number of fused-ring (bicyclic) bond motifs is 4. The van der Waals surface area contributed by atoms with Crippen LogP contribution in [0.2, 0.25) is 0 Å². The van der Waals surface area contributed by atoms with Crippen LogP contribution >= 0.6 is 11.5 Å². The molecule has 1 aliphatic carbocycles. The SMILES string of the molecule is O=c1c2cc(N3CCN(c4nsc5ccccc45)CC3)c3ccccc3c2ncn1[C@H]1CCCC[C@@H]1O. The molecule has 2 aromatic heterocycles. The number of anilines is 2. The zero-order valence-corrected chi connectivity index (χ0v) is 21.4. The Morgan fingerprint density at radius 1 is 0.838 bits per heavy atom. The predicted octanol–water partition coefficient (Wildman–Crippen LogP) is 4.96. The molecule has 7 rings (SSSR count). The first-order valence-electron chi connectivity index (χ1n) is 13.1. The van der Waals surface area contributed by atoms with Gasteiger partial charge in [0, 0.05) is 48.0 Å². The van der Waals surface area contributed by atoms with Gasteiger partial charge in [-0.25, -0.2) is 4.98 Å². The molecule has 0 unspecified atom stereocenters. The molecule has 0 spiro atoms. The molecule has 8 heteroatoms. The van der Waals surface area contributed by atoms with Crippen LogP contribution in [0, 0.1) is 0 Å². The number of nitrogens with zero attached hydrogens (tertiary/aromatic N) is 5. The Morgan fingerprint density at radius 3 is 2.35 bits per heavy atom. The lowest BCUT2D eigenvalue weighted by molar-refractivity contribution is 0.0735. The molecule has 2 aliphatic rings. The molecule has 0 amide bonds. The largest absolute Gasteiger partial charge is 0.391 e. The molecule has 37 heavy (non-hydrogen) atoms. The summed E-state index contributed by atoms with van der Waals surface area (Å²) in [6.07, 6.45) is 4.71. The van der Waals surface area contributed by atoms with Gasteiger partial charge in [-0.05, 0) is 42.6 Å². The van der Waals surface area contributed by atoms with Gasteiger partial charge in [-0.3, -0.25) is 9.36 Å². The Balaban J connectivity index is 1.27. The van der Waals surface area contributed by atoms with E-state index in [1.807, 2.05) is 12.1 Å². The molecule has 0 radical (unpaired) electrons. The van der Waals surface area contributed by atoms with Gasteiger partial charge in [0.05, 0.1) is 34.1 Å². The number of rotatable bonds is 3. The molecule has 3 aromatic carbocycles. The van der Waals surface area contributed by atoms with Gasteiger partial charge in [0.1, 0.15) is 5.82 Å². The molecule has 0 bridgehead atoms. The Labute approximate surface area is 218 Å². The fourth-order valence-electron chi connectivity index (χ4n) is 6.13. The third-order valence-electron chi connectivity index (χ3n) is 8.10. The fraction of sp³-hybridized carbons (Fsp3) is 0.345. The van der Waals surface area contributed by atoms with Crippen molar-refractivity contribution in [3.8, 4) is 0 Å². The van der Waals surface area contributed by atoms with Crippen LogP contribution in [0.25, 0.3) is 31.8 Å². The van der Waals surface area contributed by atoms with Gasteiger partial charge in [-0.15, -0.1) is 0 Å². The summed E-state index contributed by atoms with van der Waals surface area (Å²) >= 11 is 1.56. The molecule has 7 nitrogen and oxygen atoms in total. The molecule has 3 heterocycles. The fourth-order valence-corrected chi connectivity index (χ4v) is 6.92. The quantitative estimate of drug-likeness (QED) is 0.345. The topological polar surface area (TPSA) is 74.5 Å². The van der Waals surface area contributed by atoms with Crippen LogP contribution in [0.1, 0.15) is 31.7 Å². The number of aliphatic hydroxyl groups is 1. The van der Waals surface area contributed by atoms with E-state index in [4.69, 9.17) is 9.36 Å². The Bertz CT molecular complexity index is 1670. The van der Waals surface area contributed by atoms with Crippen LogP contribution < -0.4 is 15.4 Å². The third-order valence-corrected chi connectivity index (χ3v) is 8.92. The minimum absolute atomic E-state index is 0.0597. The van der Waals surface area contributed by atoms with Crippen molar-refractivity contribution in [2.45, 2.75) is 37.8 Å². The van der Waals surface area contributed by atoms with E-state index >= 15 is 0 Å². The summed E-state index contributed by atoms with van der Waals surface area (Å²) in [7, 11) is 0. The monoisotopic (exact) mass is 511 g/mol. The highest BCUT2D eigenvalue weighted by Gasteiger charge is 2.27. The molecule has 5 aromatic rings. The van der Waals surface area contributed by atoms with Gasteiger partial charge in [0.15, 0.2) is 0 Å². The Hall–Kier alpha value is -3.49. The number of hydrogen-bond donors (Lipinski definition) is 1. The molecule has 1 saturated carbocycles. The second kappa shape index (κ2) is 9.11. The van der Waals surface area contributed by atoms with Crippen LogP contribution in [-0.2, 0) is 0 Å². The third kappa shape index (κ3) is 3.78. The lowest BCUT2D eigenvalue weighted by atomic mass is 9.92. The number of benzene rings is 3. The van der Waals surface area contributed by atoms with Crippen molar-refractivity contribution < 1.29 is 5.11 Å². The highest BCUT2D eigenvalue weighted by molar-refractivity contribution is 7.13. The van der Waals surface area contributed by atoms with Crippen LogP contribution in [0.5, 0.6) is 0 Å². The van der Waals surface area contributed by atoms with Crippen LogP contribution in [0.4, 0.5) is 11.5 Å². The number of hydrogen-bond acceptors (Lipinski definition) is 7. The molecule has 2 fully saturated rings. The van der Waals surface area contributed by atoms with E-state index < -0.39 is 6.10 Å². The molecule has 2 atom stereocenters. The molecule has 1 aliphatic heterocycles. The van der Waals surface area contributed by atoms with Gasteiger partial charge >= 0.3 is 0 Å². The average molecular weight is 512 g/mol. The minimum atomic E-state index is -0.500.